The number of hydrogen-bond acceptors (Lipinski definition) is 4. The Morgan fingerprint density at radius 2 is 2.21 bits per heavy atom. The minimum atomic E-state index is 0.222. The average molecular weight is 263 g/mol. The quantitative estimate of drug-likeness (QED) is 0.918. The predicted molar refractivity (Wildman–Crippen MR) is 74.0 cm³/mol. The zero-order valence-electron chi connectivity index (χ0n) is 11.8. The zero-order chi connectivity index (χ0) is 13.6. The molecular weight excluding hydrogens is 242 g/mol. The molecule has 1 aliphatic carbocycles. The number of aryl methyl sites for hydroxylation is 2. The summed E-state index contributed by atoms with van der Waals surface area (Å²) in [5.41, 5.74) is 9.03. The number of ether oxygens (including phenoxy) is 1. The lowest BCUT2D eigenvalue weighted by atomic mass is 10.2. The van der Waals surface area contributed by atoms with Crippen molar-refractivity contribution in [3.63, 3.8) is 0 Å². The van der Waals surface area contributed by atoms with Gasteiger partial charge in [-0.3, -0.25) is 4.57 Å². The van der Waals surface area contributed by atoms with E-state index in [2.05, 4.69) is 21.6 Å². The summed E-state index contributed by atoms with van der Waals surface area (Å²) in [6, 6.07) is 0.274. The van der Waals surface area contributed by atoms with Crippen LogP contribution in [0.4, 0.5) is 5.95 Å². The van der Waals surface area contributed by atoms with Crippen molar-refractivity contribution in [3.8, 4) is 0 Å². The minimum absolute atomic E-state index is 0.222. The van der Waals surface area contributed by atoms with Gasteiger partial charge in [0.1, 0.15) is 5.52 Å². The first-order valence-corrected chi connectivity index (χ1v) is 6.91. The predicted octanol–water partition coefficient (Wildman–Crippen LogP) is 1.88. The summed E-state index contributed by atoms with van der Waals surface area (Å²) in [5.74, 6) is 0.576. The molecule has 1 saturated carbocycles. The third-order valence-corrected chi connectivity index (χ3v) is 4.12. The monoisotopic (exact) mass is 263 g/mol. The van der Waals surface area contributed by atoms with Crippen LogP contribution in [0.15, 0.2) is 0 Å². The Bertz CT molecular complexity index is 600. The maximum atomic E-state index is 6.14. The number of aromatic nitrogens is 4. The first-order valence-electron chi connectivity index (χ1n) is 6.91. The van der Waals surface area contributed by atoms with Crippen molar-refractivity contribution >= 4 is 17.1 Å². The lowest BCUT2D eigenvalue weighted by molar-refractivity contribution is 0.0764. The zero-order valence-corrected chi connectivity index (χ0v) is 11.8. The van der Waals surface area contributed by atoms with Crippen LogP contribution in [0.1, 0.15) is 37.9 Å². The van der Waals surface area contributed by atoms with Crippen molar-refractivity contribution in [2.45, 2.75) is 51.8 Å². The van der Waals surface area contributed by atoms with Gasteiger partial charge in [0, 0.05) is 13.7 Å². The molecule has 0 amide bonds. The van der Waals surface area contributed by atoms with Gasteiger partial charge in [0.15, 0.2) is 5.65 Å². The molecule has 104 valence electrons. The van der Waals surface area contributed by atoms with E-state index in [9.17, 15) is 0 Å². The molecule has 2 heterocycles. The second-order valence-electron chi connectivity index (χ2n) is 5.19. The van der Waals surface area contributed by atoms with E-state index in [4.69, 9.17) is 10.5 Å². The van der Waals surface area contributed by atoms with Gasteiger partial charge in [-0.15, -0.1) is 0 Å². The SMILES string of the molecule is CCn1nc(C)c2nc(N)n(C3CCCC3OC)c21. The average Bonchev–Trinajstić information content (AvgIpc) is 3.05. The summed E-state index contributed by atoms with van der Waals surface area (Å²) in [7, 11) is 1.77. The Hall–Kier alpha value is -1.56. The van der Waals surface area contributed by atoms with E-state index in [1.165, 1.54) is 6.42 Å². The van der Waals surface area contributed by atoms with E-state index in [0.717, 1.165) is 36.2 Å². The van der Waals surface area contributed by atoms with Crippen molar-refractivity contribution in [2.75, 3.05) is 12.8 Å². The van der Waals surface area contributed by atoms with E-state index >= 15 is 0 Å². The molecule has 2 unspecified atom stereocenters. The molecule has 0 aliphatic heterocycles. The van der Waals surface area contributed by atoms with Gasteiger partial charge >= 0.3 is 0 Å². The van der Waals surface area contributed by atoms with Crippen molar-refractivity contribution in [3.05, 3.63) is 5.69 Å². The molecule has 19 heavy (non-hydrogen) atoms. The van der Waals surface area contributed by atoms with Gasteiger partial charge < -0.3 is 10.5 Å². The number of fused-ring (bicyclic) bond motifs is 1. The number of hydrogen-bond donors (Lipinski definition) is 1. The van der Waals surface area contributed by atoms with Gasteiger partial charge in [0.2, 0.25) is 5.95 Å². The summed E-state index contributed by atoms with van der Waals surface area (Å²) >= 11 is 0. The van der Waals surface area contributed by atoms with Crippen LogP contribution in [-0.4, -0.2) is 32.5 Å². The molecule has 0 bridgehead atoms. The standard InChI is InChI=1S/C13H21N5O/c1-4-17-12-11(8(2)16-17)15-13(14)18(12)9-6-5-7-10(9)19-3/h9-10H,4-7H2,1-3H3,(H2,14,15). The molecule has 2 aromatic rings. The normalized spacial score (nSPS) is 23.5. The summed E-state index contributed by atoms with van der Waals surface area (Å²) in [6.07, 6.45) is 3.56. The van der Waals surface area contributed by atoms with Gasteiger partial charge in [-0.25, -0.2) is 9.67 Å². The van der Waals surface area contributed by atoms with Crippen molar-refractivity contribution in [1.82, 2.24) is 19.3 Å². The Labute approximate surface area is 112 Å². The number of nitrogens with zero attached hydrogens (tertiary/aromatic N) is 4. The highest BCUT2D eigenvalue weighted by Crippen LogP contribution is 2.36. The van der Waals surface area contributed by atoms with Crippen molar-refractivity contribution in [2.24, 2.45) is 0 Å². The number of imidazole rings is 1. The van der Waals surface area contributed by atoms with E-state index < -0.39 is 0 Å². The molecule has 6 nitrogen and oxygen atoms in total. The Morgan fingerprint density at radius 3 is 2.89 bits per heavy atom. The summed E-state index contributed by atoms with van der Waals surface area (Å²) in [6.45, 7) is 4.88. The first kappa shape index (κ1) is 12.5. The molecule has 0 radical (unpaired) electrons. The Kier molecular flexibility index (Phi) is 2.97. The van der Waals surface area contributed by atoms with Crippen LogP contribution in [0.5, 0.6) is 0 Å². The molecule has 2 atom stereocenters. The highest BCUT2D eigenvalue weighted by molar-refractivity contribution is 5.77. The number of methoxy groups -OCH3 is 1. The van der Waals surface area contributed by atoms with Crippen LogP contribution in [-0.2, 0) is 11.3 Å². The third kappa shape index (κ3) is 1.74. The molecule has 1 fully saturated rings. The first-order chi connectivity index (χ1) is 9.17. The molecule has 2 N–H and O–H groups in total. The molecule has 6 heteroatoms. The molecule has 1 aliphatic rings. The number of nitrogen functional groups attached to an aromatic ring is 1. The van der Waals surface area contributed by atoms with E-state index in [1.54, 1.807) is 7.11 Å². The largest absolute Gasteiger partial charge is 0.379 e. The maximum Gasteiger partial charge on any atom is 0.202 e. The fourth-order valence-corrected chi connectivity index (χ4v) is 3.23. The molecular formula is C13H21N5O. The fraction of sp³-hybridized carbons (Fsp3) is 0.692. The molecule has 3 rings (SSSR count). The van der Waals surface area contributed by atoms with Crippen molar-refractivity contribution < 1.29 is 4.74 Å². The minimum Gasteiger partial charge on any atom is -0.379 e. The maximum absolute atomic E-state index is 6.14. The molecule has 0 saturated heterocycles. The summed E-state index contributed by atoms with van der Waals surface area (Å²) < 4.78 is 9.71. The van der Waals surface area contributed by atoms with Crippen LogP contribution in [0.25, 0.3) is 11.2 Å². The van der Waals surface area contributed by atoms with Gasteiger partial charge in [-0.05, 0) is 33.1 Å². The molecule has 0 spiro atoms. The summed E-state index contributed by atoms with van der Waals surface area (Å²) in [5, 5.41) is 4.53. The molecule has 0 aromatic carbocycles. The lowest BCUT2D eigenvalue weighted by Crippen LogP contribution is -2.23. The van der Waals surface area contributed by atoms with Gasteiger partial charge in [0.25, 0.3) is 0 Å². The fourth-order valence-electron chi connectivity index (χ4n) is 3.23. The topological polar surface area (TPSA) is 70.9 Å². The Morgan fingerprint density at radius 1 is 1.42 bits per heavy atom. The highest BCUT2D eigenvalue weighted by Gasteiger charge is 2.32. The van der Waals surface area contributed by atoms with Crippen molar-refractivity contribution in [1.29, 1.82) is 0 Å². The summed E-state index contributed by atoms with van der Waals surface area (Å²) in [4.78, 5) is 4.50. The van der Waals surface area contributed by atoms with E-state index in [1.807, 2.05) is 11.6 Å². The lowest BCUT2D eigenvalue weighted by Gasteiger charge is -2.21. The second-order valence-corrected chi connectivity index (χ2v) is 5.19. The van der Waals surface area contributed by atoms with Crippen LogP contribution < -0.4 is 5.73 Å². The number of rotatable bonds is 3. The Balaban J connectivity index is 2.19. The van der Waals surface area contributed by atoms with E-state index in [-0.39, 0.29) is 12.1 Å². The van der Waals surface area contributed by atoms with Gasteiger partial charge in [0.05, 0.1) is 17.8 Å². The second kappa shape index (κ2) is 4.52. The van der Waals surface area contributed by atoms with Gasteiger partial charge in [-0.2, -0.15) is 5.10 Å². The number of nitrogens with two attached hydrogens (primary N) is 1. The van der Waals surface area contributed by atoms with Crippen LogP contribution in [0.3, 0.4) is 0 Å². The smallest absolute Gasteiger partial charge is 0.202 e. The van der Waals surface area contributed by atoms with E-state index in [0.29, 0.717) is 5.95 Å². The molecule has 2 aromatic heterocycles. The number of anilines is 1. The van der Waals surface area contributed by atoms with Crippen LogP contribution >= 0.6 is 0 Å². The highest BCUT2D eigenvalue weighted by atomic mass is 16.5. The van der Waals surface area contributed by atoms with Gasteiger partial charge in [-0.1, -0.05) is 0 Å². The third-order valence-electron chi connectivity index (χ3n) is 4.12. The van der Waals surface area contributed by atoms with Crippen LogP contribution in [0.2, 0.25) is 0 Å². The van der Waals surface area contributed by atoms with Crippen LogP contribution in [0, 0.1) is 6.92 Å².